The predicted octanol–water partition coefficient (Wildman–Crippen LogP) is 4.01. The summed E-state index contributed by atoms with van der Waals surface area (Å²) >= 11 is 0. The third-order valence-corrected chi connectivity index (χ3v) is 7.30. The third kappa shape index (κ3) is 6.74. The molecule has 0 unspecified atom stereocenters. The summed E-state index contributed by atoms with van der Waals surface area (Å²) in [5, 5.41) is 35.7. The second-order valence-electron chi connectivity index (χ2n) is 10.5. The molecular formula is C33H29N9O4. The van der Waals surface area contributed by atoms with Gasteiger partial charge in [0.05, 0.1) is 59.6 Å². The van der Waals surface area contributed by atoms with Crippen LogP contribution in [0.4, 0.5) is 17.2 Å². The zero-order valence-electron chi connectivity index (χ0n) is 25.3. The van der Waals surface area contributed by atoms with Crippen LogP contribution in [0, 0.1) is 28.6 Å². The van der Waals surface area contributed by atoms with Gasteiger partial charge in [-0.2, -0.15) is 10.5 Å². The van der Waals surface area contributed by atoms with Crippen LogP contribution in [-0.2, 0) is 11.3 Å². The first kappa shape index (κ1) is 31.1. The van der Waals surface area contributed by atoms with E-state index in [2.05, 4.69) is 43.3 Å². The fourth-order valence-electron chi connectivity index (χ4n) is 4.78. The molecule has 5 rings (SSSR count). The summed E-state index contributed by atoms with van der Waals surface area (Å²) in [6, 6.07) is 19.1. The smallest absolute Gasteiger partial charge is 0.273 e. The second kappa shape index (κ2) is 13.5. The van der Waals surface area contributed by atoms with Crippen LogP contribution >= 0.6 is 0 Å². The molecule has 3 amide bonds. The largest absolute Gasteiger partial charge is 0.494 e. The van der Waals surface area contributed by atoms with Crippen LogP contribution in [-0.4, -0.2) is 59.0 Å². The van der Waals surface area contributed by atoms with Crippen molar-refractivity contribution in [2.75, 3.05) is 31.8 Å². The zero-order chi connectivity index (χ0) is 32.8. The van der Waals surface area contributed by atoms with Gasteiger partial charge in [-0.05, 0) is 48.7 Å². The molecule has 1 aliphatic carbocycles. The lowest BCUT2D eigenvalue weighted by Gasteiger charge is -2.19. The van der Waals surface area contributed by atoms with Gasteiger partial charge in [-0.3, -0.25) is 19.4 Å². The van der Waals surface area contributed by atoms with Crippen molar-refractivity contribution in [3.05, 3.63) is 88.9 Å². The third-order valence-electron chi connectivity index (χ3n) is 7.30. The van der Waals surface area contributed by atoms with Crippen LogP contribution < -0.4 is 20.7 Å². The highest BCUT2D eigenvalue weighted by Crippen LogP contribution is 2.39. The van der Waals surface area contributed by atoms with E-state index in [-0.39, 0.29) is 52.6 Å². The number of benzene rings is 2. The molecule has 0 aliphatic heterocycles. The number of methoxy groups -OCH3 is 1. The Bertz CT molecular complexity index is 1930. The van der Waals surface area contributed by atoms with Crippen LogP contribution in [0.15, 0.2) is 60.8 Å². The number of carbonyl (C=O) groups is 3. The number of rotatable bonds is 10. The van der Waals surface area contributed by atoms with E-state index in [9.17, 15) is 19.6 Å². The summed E-state index contributed by atoms with van der Waals surface area (Å²) in [5.74, 6) is -0.478. The SMILES string of the molecule is CNC(=O)c1nnc(NC(=O)C2CC2)cc1Nc1cccc(-c2ccc(C(=O)N(C)Cc3cc(C#N)ccn3)c(C#N)c2)c1OC. The van der Waals surface area contributed by atoms with Crippen LogP contribution in [0.5, 0.6) is 5.75 Å². The summed E-state index contributed by atoms with van der Waals surface area (Å²) in [6.07, 6.45) is 3.15. The molecule has 2 aromatic carbocycles. The fraction of sp³-hybridized carbons (Fsp3) is 0.212. The molecule has 1 aliphatic rings. The van der Waals surface area contributed by atoms with Gasteiger partial charge >= 0.3 is 0 Å². The number of nitrogens with one attached hydrogen (secondary N) is 3. The number of anilines is 3. The second-order valence-corrected chi connectivity index (χ2v) is 10.5. The Kier molecular flexibility index (Phi) is 9.15. The lowest BCUT2D eigenvalue weighted by molar-refractivity contribution is -0.117. The van der Waals surface area contributed by atoms with E-state index in [1.54, 1.807) is 55.6 Å². The van der Waals surface area contributed by atoms with E-state index < -0.39 is 5.91 Å². The molecule has 230 valence electrons. The van der Waals surface area contributed by atoms with Crippen molar-refractivity contribution in [3.8, 4) is 29.0 Å². The molecule has 1 fully saturated rings. The number of ether oxygens (including phenoxy) is 1. The van der Waals surface area contributed by atoms with E-state index >= 15 is 0 Å². The van der Waals surface area contributed by atoms with E-state index in [0.717, 1.165) is 12.8 Å². The molecule has 2 aromatic heterocycles. The number of pyridine rings is 1. The lowest BCUT2D eigenvalue weighted by Crippen LogP contribution is -2.27. The van der Waals surface area contributed by atoms with Gasteiger partial charge in [0.25, 0.3) is 11.8 Å². The van der Waals surface area contributed by atoms with Gasteiger partial charge in [-0.1, -0.05) is 18.2 Å². The number of amides is 3. The minimum Gasteiger partial charge on any atom is -0.494 e. The standard InChI is InChI=1S/C33H29N9O4/c1-36-32(44)29-27(15-28(40-41-29)39-31(43)20-7-8-20)38-26-6-4-5-24(30(26)46-3)21-9-10-25(22(14-21)17-35)33(45)42(2)18-23-13-19(16-34)11-12-37-23/h4-6,9-15,20H,7-8,18H2,1-3H3,(H,36,44)(H2,38,39,40,43). The molecule has 0 radical (unpaired) electrons. The van der Waals surface area contributed by atoms with Crippen molar-refractivity contribution < 1.29 is 19.1 Å². The van der Waals surface area contributed by atoms with Crippen molar-refractivity contribution in [2.45, 2.75) is 19.4 Å². The van der Waals surface area contributed by atoms with Gasteiger partial charge in [0, 0.05) is 37.8 Å². The molecule has 0 atom stereocenters. The Labute approximate surface area is 264 Å². The van der Waals surface area contributed by atoms with E-state index in [1.165, 1.54) is 31.3 Å². The van der Waals surface area contributed by atoms with E-state index in [0.29, 0.717) is 33.8 Å². The first-order valence-electron chi connectivity index (χ1n) is 14.3. The monoisotopic (exact) mass is 615 g/mol. The minimum absolute atomic E-state index is 0.00711. The van der Waals surface area contributed by atoms with Crippen LogP contribution in [0.3, 0.4) is 0 Å². The molecule has 0 saturated heterocycles. The number of para-hydroxylation sites is 1. The molecule has 2 heterocycles. The van der Waals surface area contributed by atoms with Gasteiger partial charge in [0.1, 0.15) is 5.75 Å². The lowest BCUT2D eigenvalue weighted by atomic mass is 9.97. The van der Waals surface area contributed by atoms with Gasteiger partial charge < -0.3 is 25.6 Å². The molecule has 1 saturated carbocycles. The minimum atomic E-state index is -0.484. The maximum atomic E-state index is 13.3. The number of carbonyl (C=O) groups excluding carboxylic acids is 3. The van der Waals surface area contributed by atoms with Gasteiger partial charge in [-0.25, -0.2) is 0 Å². The summed E-state index contributed by atoms with van der Waals surface area (Å²) in [5.41, 5.74) is 3.33. The highest BCUT2D eigenvalue weighted by molar-refractivity contribution is 6.00. The first-order chi connectivity index (χ1) is 22.3. The van der Waals surface area contributed by atoms with Crippen molar-refractivity contribution in [1.82, 2.24) is 25.4 Å². The normalized spacial score (nSPS) is 11.8. The van der Waals surface area contributed by atoms with E-state index in [4.69, 9.17) is 10.00 Å². The predicted molar refractivity (Wildman–Crippen MR) is 168 cm³/mol. The topological polar surface area (TPSA) is 186 Å². The summed E-state index contributed by atoms with van der Waals surface area (Å²) in [6.45, 7) is 0.149. The molecule has 13 nitrogen and oxygen atoms in total. The molecule has 3 N–H and O–H groups in total. The Morgan fingerprint density at radius 3 is 2.52 bits per heavy atom. The molecule has 0 bridgehead atoms. The fourth-order valence-corrected chi connectivity index (χ4v) is 4.78. The average molecular weight is 616 g/mol. The number of hydrogen-bond acceptors (Lipinski definition) is 10. The molecule has 4 aromatic rings. The Hall–Kier alpha value is -6.34. The highest BCUT2D eigenvalue weighted by Gasteiger charge is 2.30. The van der Waals surface area contributed by atoms with Crippen molar-refractivity contribution in [3.63, 3.8) is 0 Å². The summed E-state index contributed by atoms with van der Waals surface area (Å²) in [7, 11) is 4.56. The molecule has 46 heavy (non-hydrogen) atoms. The van der Waals surface area contributed by atoms with Crippen molar-refractivity contribution >= 4 is 34.9 Å². The van der Waals surface area contributed by atoms with E-state index in [1.807, 2.05) is 0 Å². The zero-order valence-corrected chi connectivity index (χ0v) is 25.3. The highest BCUT2D eigenvalue weighted by atomic mass is 16.5. The number of hydrogen-bond donors (Lipinski definition) is 3. The van der Waals surface area contributed by atoms with Crippen LogP contribution in [0.1, 0.15) is 50.5 Å². The molecular weight excluding hydrogens is 586 g/mol. The molecule has 13 heteroatoms. The van der Waals surface area contributed by atoms with Crippen LogP contribution in [0.25, 0.3) is 11.1 Å². The van der Waals surface area contributed by atoms with Crippen molar-refractivity contribution in [2.24, 2.45) is 5.92 Å². The summed E-state index contributed by atoms with van der Waals surface area (Å²) < 4.78 is 5.78. The first-order valence-corrected chi connectivity index (χ1v) is 14.3. The maximum absolute atomic E-state index is 13.3. The Morgan fingerprint density at radius 2 is 1.83 bits per heavy atom. The van der Waals surface area contributed by atoms with Gasteiger partial charge in [-0.15, -0.1) is 10.2 Å². The van der Waals surface area contributed by atoms with Gasteiger partial charge in [0.2, 0.25) is 5.91 Å². The van der Waals surface area contributed by atoms with Gasteiger partial charge in [0.15, 0.2) is 11.5 Å². The molecule has 0 spiro atoms. The van der Waals surface area contributed by atoms with Crippen LogP contribution in [0.2, 0.25) is 0 Å². The van der Waals surface area contributed by atoms with Crippen molar-refractivity contribution in [1.29, 1.82) is 10.5 Å². The maximum Gasteiger partial charge on any atom is 0.273 e. The Morgan fingerprint density at radius 1 is 1.02 bits per heavy atom. The summed E-state index contributed by atoms with van der Waals surface area (Å²) in [4.78, 5) is 43.9. The quantitative estimate of drug-likeness (QED) is 0.235. The Balaban J connectivity index is 1.44. The number of nitriles is 2. The number of nitrogens with zero attached hydrogens (tertiary/aromatic N) is 6. The number of aromatic nitrogens is 3. The average Bonchev–Trinajstić information content (AvgIpc) is 3.93.